The van der Waals surface area contributed by atoms with Crippen molar-refractivity contribution in [2.45, 2.75) is 26.2 Å². The molecule has 1 aliphatic rings. The number of para-hydroxylation sites is 1. The molecule has 3 rings (SSSR count). The third-order valence-electron chi connectivity index (χ3n) is 4.40. The number of piperidine rings is 1. The molecule has 0 aliphatic carbocycles. The number of rotatable bonds is 5. The SMILES string of the molecule is Cc1cn[nH]c1C[C@@H]1CCCN(C(=O)COc2ccccc2)C1. The topological polar surface area (TPSA) is 58.2 Å². The van der Waals surface area contributed by atoms with Crippen molar-refractivity contribution >= 4 is 5.91 Å². The summed E-state index contributed by atoms with van der Waals surface area (Å²) >= 11 is 0. The van der Waals surface area contributed by atoms with Crippen LogP contribution in [0.2, 0.25) is 0 Å². The van der Waals surface area contributed by atoms with Gasteiger partial charge in [-0.25, -0.2) is 0 Å². The fourth-order valence-electron chi connectivity index (χ4n) is 3.08. The molecule has 0 spiro atoms. The Morgan fingerprint density at radius 1 is 1.39 bits per heavy atom. The Morgan fingerprint density at radius 2 is 2.22 bits per heavy atom. The van der Waals surface area contributed by atoms with Crippen molar-refractivity contribution in [2.24, 2.45) is 5.92 Å². The minimum absolute atomic E-state index is 0.0693. The molecule has 5 nitrogen and oxygen atoms in total. The van der Waals surface area contributed by atoms with Gasteiger partial charge in [-0.05, 0) is 49.8 Å². The molecule has 1 atom stereocenters. The molecule has 0 bridgehead atoms. The molecule has 0 unspecified atom stereocenters. The fourth-order valence-corrected chi connectivity index (χ4v) is 3.08. The van der Waals surface area contributed by atoms with Crippen LogP contribution < -0.4 is 4.74 Å². The maximum absolute atomic E-state index is 12.4. The first-order valence-electron chi connectivity index (χ1n) is 8.17. The summed E-state index contributed by atoms with van der Waals surface area (Å²) in [6.07, 6.45) is 5.01. The summed E-state index contributed by atoms with van der Waals surface area (Å²) in [6, 6.07) is 9.48. The van der Waals surface area contributed by atoms with Crippen LogP contribution in [0.1, 0.15) is 24.1 Å². The number of benzene rings is 1. The molecule has 0 saturated carbocycles. The van der Waals surface area contributed by atoms with Crippen molar-refractivity contribution in [3.8, 4) is 5.75 Å². The van der Waals surface area contributed by atoms with Crippen molar-refractivity contribution in [1.29, 1.82) is 0 Å². The second kappa shape index (κ2) is 7.31. The number of ether oxygens (including phenoxy) is 1. The molecule has 1 amide bonds. The quantitative estimate of drug-likeness (QED) is 0.923. The molecule has 2 heterocycles. The van der Waals surface area contributed by atoms with Crippen LogP contribution in [0.25, 0.3) is 0 Å². The van der Waals surface area contributed by atoms with Crippen LogP contribution in [-0.2, 0) is 11.2 Å². The lowest BCUT2D eigenvalue weighted by Crippen LogP contribution is -2.42. The highest BCUT2D eigenvalue weighted by Gasteiger charge is 2.24. The third-order valence-corrected chi connectivity index (χ3v) is 4.40. The monoisotopic (exact) mass is 313 g/mol. The molecule has 1 saturated heterocycles. The van der Waals surface area contributed by atoms with E-state index in [4.69, 9.17) is 4.74 Å². The number of amides is 1. The van der Waals surface area contributed by atoms with Crippen LogP contribution in [0.4, 0.5) is 0 Å². The normalized spacial score (nSPS) is 18.0. The summed E-state index contributed by atoms with van der Waals surface area (Å²) in [6.45, 7) is 3.81. The largest absolute Gasteiger partial charge is 0.484 e. The number of nitrogens with one attached hydrogen (secondary N) is 1. The van der Waals surface area contributed by atoms with Crippen LogP contribution >= 0.6 is 0 Å². The van der Waals surface area contributed by atoms with Gasteiger partial charge in [0, 0.05) is 18.8 Å². The Bertz CT molecular complexity index is 639. The lowest BCUT2D eigenvalue weighted by atomic mass is 9.92. The average molecular weight is 313 g/mol. The number of aromatic amines is 1. The minimum atomic E-state index is 0.0693. The zero-order valence-corrected chi connectivity index (χ0v) is 13.5. The highest BCUT2D eigenvalue weighted by Crippen LogP contribution is 2.21. The molecule has 23 heavy (non-hydrogen) atoms. The van der Waals surface area contributed by atoms with E-state index in [1.54, 1.807) is 0 Å². The summed E-state index contributed by atoms with van der Waals surface area (Å²) in [4.78, 5) is 14.3. The Kier molecular flexibility index (Phi) is 4.95. The second-order valence-electron chi connectivity index (χ2n) is 6.19. The Labute approximate surface area is 136 Å². The minimum Gasteiger partial charge on any atom is -0.484 e. The van der Waals surface area contributed by atoms with E-state index in [9.17, 15) is 4.79 Å². The Hall–Kier alpha value is -2.30. The van der Waals surface area contributed by atoms with Gasteiger partial charge in [0.25, 0.3) is 5.91 Å². The first-order chi connectivity index (χ1) is 11.2. The molecule has 122 valence electrons. The van der Waals surface area contributed by atoms with E-state index in [1.807, 2.05) is 41.4 Å². The smallest absolute Gasteiger partial charge is 0.260 e. The molecule has 1 aromatic carbocycles. The van der Waals surface area contributed by atoms with E-state index >= 15 is 0 Å². The van der Waals surface area contributed by atoms with Gasteiger partial charge in [0.2, 0.25) is 0 Å². The Balaban J connectivity index is 1.51. The van der Waals surface area contributed by atoms with E-state index in [0.717, 1.165) is 38.1 Å². The fraction of sp³-hybridized carbons (Fsp3) is 0.444. The first kappa shape index (κ1) is 15.6. The number of hydrogen-bond acceptors (Lipinski definition) is 3. The van der Waals surface area contributed by atoms with Crippen molar-refractivity contribution < 1.29 is 9.53 Å². The van der Waals surface area contributed by atoms with Gasteiger partial charge < -0.3 is 9.64 Å². The molecular formula is C18H23N3O2. The molecule has 1 aromatic heterocycles. The predicted octanol–water partition coefficient (Wildman–Crippen LogP) is 2.58. The van der Waals surface area contributed by atoms with Gasteiger partial charge >= 0.3 is 0 Å². The van der Waals surface area contributed by atoms with Gasteiger partial charge in [-0.15, -0.1) is 0 Å². The molecule has 1 fully saturated rings. The summed E-state index contributed by atoms with van der Waals surface area (Å²) in [5.41, 5.74) is 2.38. The lowest BCUT2D eigenvalue weighted by Gasteiger charge is -2.32. The highest BCUT2D eigenvalue weighted by atomic mass is 16.5. The molecule has 2 aromatic rings. The number of carbonyl (C=O) groups excluding carboxylic acids is 1. The summed E-state index contributed by atoms with van der Waals surface area (Å²) in [5, 5.41) is 7.14. The molecule has 5 heteroatoms. The van der Waals surface area contributed by atoms with Gasteiger partial charge in [-0.3, -0.25) is 9.89 Å². The summed E-state index contributed by atoms with van der Waals surface area (Å²) in [7, 11) is 0. The van der Waals surface area contributed by atoms with Crippen LogP contribution in [0.5, 0.6) is 5.75 Å². The lowest BCUT2D eigenvalue weighted by molar-refractivity contribution is -0.135. The number of aryl methyl sites for hydroxylation is 1. The van der Waals surface area contributed by atoms with Gasteiger partial charge in [-0.2, -0.15) is 5.10 Å². The maximum atomic E-state index is 12.4. The van der Waals surface area contributed by atoms with Crippen molar-refractivity contribution in [2.75, 3.05) is 19.7 Å². The zero-order valence-electron chi connectivity index (χ0n) is 13.5. The summed E-state index contributed by atoms with van der Waals surface area (Å²) in [5.74, 6) is 1.30. The zero-order chi connectivity index (χ0) is 16.1. The van der Waals surface area contributed by atoms with Gasteiger partial charge in [0.15, 0.2) is 6.61 Å². The van der Waals surface area contributed by atoms with Crippen LogP contribution in [0, 0.1) is 12.8 Å². The van der Waals surface area contributed by atoms with Gasteiger partial charge in [-0.1, -0.05) is 18.2 Å². The first-order valence-corrected chi connectivity index (χ1v) is 8.17. The molecule has 1 N–H and O–H groups in total. The van der Waals surface area contributed by atoms with Crippen molar-refractivity contribution in [1.82, 2.24) is 15.1 Å². The van der Waals surface area contributed by atoms with Gasteiger partial charge in [0.05, 0.1) is 6.20 Å². The number of carbonyl (C=O) groups is 1. The third kappa shape index (κ3) is 4.12. The molecule has 1 aliphatic heterocycles. The summed E-state index contributed by atoms with van der Waals surface area (Å²) < 4.78 is 5.57. The van der Waals surface area contributed by atoms with E-state index in [0.29, 0.717) is 5.92 Å². The maximum Gasteiger partial charge on any atom is 0.260 e. The van der Waals surface area contributed by atoms with E-state index in [-0.39, 0.29) is 12.5 Å². The number of aromatic nitrogens is 2. The standard InChI is InChI=1S/C18H23N3O2/c1-14-11-19-20-17(14)10-15-6-5-9-21(12-15)18(22)13-23-16-7-3-2-4-8-16/h2-4,7-8,11,15H,5-6,9-10,12-13H2,1H3,(H,19,20)/t15-/m0/s1. The number of hydrogen-bond donors (Lipinski definition) is 1. The molecular weight excluding hydrogens is 290 g/mol. The second-order valence-corrected chi connectivity index (χ2v) is 6.19. The molecule has 0 radical (unpaired) electrons. The Morgan fingerprint density at radius 3 is 2.96 bits per heavy atom. The van der Waals surface area contributed by atoms with Crippen LogP contribution in [-0.4, -0.2) is 40.7 Å². The van der Waals surface area contributed by atoms with E-state index in [2.05, 4.69) is 17.1 Å². The van der Waals surface area contributed by atoms with E-state index in [1.165, 1.54) is 11.3 Å². The highest BCUT2D eigenvalue weighted by molar-refractivity contribution is 5.77. The van der Waals surface area contributed by atoms with Crippen molar-refractivity contribution in [3.05, 3.63) is 47.8 Å². The van der Waals surface area contributed by atoms with Crippen LogP contribution in [0.15, 0.2) is 36.5 Å². The number of H-pyrrole nitrogens is 1. The number of nitrogens with zero attached hydrogens (tertiary/aromatic N) is 2. The van der Waals surface area contributed by atoms with Crippen molar-refractivity contribution in [3.63, 3.8) is 0 Å². The van der Waals surface area contributed by atoms with Crippen LogP contribution in [0.3, 0.4) is 0 Å². The van der Waals surface area contributed by atoms with E-state index < -0.39 is 0 Å². The average Bonchev–Trinajstić information content (AvgIpc) is 2.99. The number of likely N-dealkylation sites (tertiary alicyclic amines) is 1. The predicted molar refractivity (Wildman–Crippen MR) is 88.3 cm³/mol. The van der Waals surface area contributed by atoms with Gasteiger partial charge in [0.1, 0.15) is 5.75 Å².